The maximum atomic E-state index is 9.65. The number of nitrogens with zero attached hydrogens (tertiary/aromatic N) is 4. The second-order valence-electron chi connectivity index (χ2n) is 5.87. The number of hydrogen-bond acceptors (Lipinski definition) is 5. The Morgan fingerprint density at radius 2 is 1.96 bits per heavy atom. The molecular weight excluding hydrogens is 361 g/mol. The third kappa shape index (κ3) is 3.71. The molecule has 0 atom stereocenters. The first-order valence-corrected chi connectivity index (χ1v) is 8.79. The van der Waals surface area contributed by atoms with E-state index in [0.29, 0.717) is 6.42 Å². The minimum absolute atomic E-state index is 0.0932. The number of rotatable bonds is 6. The molecule has 0 spiro atoms. The lowest BCUT2D eigenvalue weighted by molar-refractivity contribution is 0.475. The summed E-state index contributed by atoms with van der Waals surface area (Å²) in [5.74, 6) is 0.771. The van der Waals surface area contributed by atoms with Crippen molar-refractivity contribution in [2.75, 3.05) is 13.6 Å². The smallest absolute Gasteiger partial charge is 0.186 e. The van der Waals surface area contributed by atoms with Gasteiger partial charge < -0.3 is 10.4 Å². The number of aromatic hydroxyl groups is 1. The number of benzene rings is 1. The highest BCUT2D eigenvalue weighted by molar-refractivity contribution is 6.37. The summed E-state index contributed by atoms with van der Waals surface area (Å²) in [4.78, 5) is 0. The Kier molecular flexibility index (Phi) is 5.42. The fourth-order valence-corrected chi connectivity index (χ4v) is 3.26. The number of halogens is 2. The Morgan fingerprint density at radius 1 is 1.24 bits per heavy atom. The van der Waals surface area contributed by atoms with Crippen LogP contribution in [0.3, 0.4) is 0 Å². The Hall–Kier alpha value is -1.89. The number of aryl methyl sites for hydroxylation is 2. The van der Waals surface area contributed by atoms with Crippen LogP contribution < -0.4 is 10.5 Å². The maximum Gasteiger partial charge on any atom is 0.186 e. The van der Waals surface area contributed by atoms with Crippen LogP contribution in [0.5, 0.6) is 5.75 Å². The van der Waals surface area contributed by atoms with Gasteiger partial charge >= 0.3 is 0 Å². The summed E-state index contributed by atoms with van der Waals surface area (Å²) < 4.78 is 1.81. The van der Waals surface area contributed by atoms with E-state index >= 15 is 0 Å². The molecule has 0 fully saturated rings. The highest BCUT2D eigenvalue weighted by atomic mass is 35.5. The van der Waals surface area contributed by atoms with E-state index in [1.54, 1.807) is 12.1 Å². The SMILES string of the molecule is CNCCCc1nnc2/c(=C\Cc3cc(Cl)c(O)c(Cl)c3)c(C)nn12. The lowest BCUT2D eigenvalue weighted by Gasteiger charge is -2.03. The molecule has 2 heterocycles. The van der Waals surface area contributed by atoms with E-state index in [-0.39, 0.29) is 15.8 Å². The van der Waals surface area contributed by atoms with Gasteiger partial charge in [-0.25, -0.2) is 0 Å². The molecule has 1 aromatic carbocycles. The molecule has 132 valence electrons. The van der Waals surface area contributed by atoms with Gasteiger partial charge in [0.1, 0.15) is 0 Å². The molecule has 3 rings (SSSR count). The van der Waals surface area contributed by atoms with Crippen LogP contribution in [0.15, 0.2) is 12.1 Å². The molecule has 0 aliphatic carbocycles. The first-order chi connectivity index (χ1) is 12.0. The summed E-state index contributed by atoms with van der Waals surface area (Å²) in [5.41, 5.74) is 2.56. The van der Waals surface area contributed by atoms with Crippen molar-refractivity contribution in [2.24, 2.45) is 0 Å². The predicted octanol–water partition coefficient (Wildman–Crippen LogP) is 2.34. The number of fused-ring (bicyclic) bond motifs is 1. The molecule has 8 heteroatoms. The molecule has 0 bridgehead atoms. The Balaban J connectivity index is 1.90. The van der Waals surface area contributed by atoms with Crippen LogP contribution in [0.1, 0.15) is 23.5 Å². The Bertz CT molecular complexity index is 931. The third-order valence-corrected chi connectivity index (χ3v) is 4.61. The zero-order chi connectivity index (χ0) is 18.0. The van der Waals surface area contributed by atoms with E-state index < -0.39 is 0 Å². The maximum absolute atomic E-state index is 9.65. The summed E-state index contributed by atoms with van der Waals surface area (Å²) in [5, 5.41) is 27.3. The van der Waals surface area contributed by atoms with Crippen LogP contribution in [0.25, 0.3) is 11.7 Å². The minimum Gasteiger partial charge on any atom is -0.505 e. The zero-order valence-corrected chi connectivity index (χ0v) is 15.6. The highest BCUT2D eigenvalue weighted by Crippen LogP contribution is 2.32. The molecule has 2 aromatic heterocycles. The monoisotopic (exact) mass is 379 g/mol. The van der Waals surface area contributed by atoms with Gasteiger partial charge in [0.05, 0.1) is 15.7 Å². The van der Waals surface area contributed by atoms with Gasteiger partial charge in [0, 0.05) is 11.6 Å². The van der Waals surface area contributed by atoms with Gasteiger partial charge in [0.25, 0.3) is 0 Å². The number of nitrogens with one attached hydrogen (secondary N) is 1. The average molecular weight is 380 g/mol. The summed E-state index contributed by atoms with van der Waals surface area (Å²) in [6.07, 6.45) is 4.43. The summed E-state index contributed by atoms with van der Waals surface area (Å²) >= 11 is 12.0. The molecule has 0 saturated carbocycles. The van der Waals surface area contributed by atoms with Crippen LogP contribution in [-0.2, 0) is 12.8 Å². The molecule has 0 unspecified atom stereocenters. The van der Waals surface area contributed by atoms with E-state index in [2.05, 4.69) is 20.6 Å². The molecule has 0 aliphatic heterocycles. The van der Waals surface area contributed by atoms with Crippen molar-refractivity contribution in [3.05, 3.63) is 44.5 Å². The number of phenolic OH excluding ortho intramolecular Hbond substituents is 1. The van der Waals surface area contributed by atoms with Crippen molar-refractivity contribution < 1.29 is 5.11 Å². The first kappa shape index (κ1) is 17.9. The molecule has 0 saturated heterocycles. The third-order valence-electron chi connectivity index (χ3n) is 4.03. The van der Waals surface area contributed by atoms with Crippen molar-refractivity contribution in [1.29, 1.82) is 0 Å². The van der Waals surface area contributed by atoms with Crippen molar-refractivity contribution in [3.8, 4) is 5.75 Å². The summed E-state index contributed by atoms with van der Waals surface area (Å²) in [7, 11) is 1.93. The molecule has 6 nitrogen and oxygen atoms in total. The van der Waals surface area contributed by atoms with Gasteiger partial charge in [0.2, 0.25) is 0 Å². The fourth-order valence-electron chi connectivity index (χ4n) is 2.72. The molecule has 0 amide bonds. The molecule has 2 N–H and O–H groups in total. The van der Waals surface area contributed by atoms with Gasteiger partial charge in [-0.2, -0.15) is 9.61 Å². The normalized spacial score (nSPS) is 12.4. The van der Waals surface area contributed by atoms with E-state index in [9.17, 15) is 5.11 Å². The molecule has 3 aromatic rings. The van der Waals surface area contributed by atoms with Crippen molar-refractivity contribution in [2.45, 2.75) is 26.2 Å². The lowest BCUT2D eigenvalue weighted by atomic mass is 10.1. The Morgan fingerprint density at radius 3 is 2.64 bits per heavy atom. The minimum atomic E-state index is -0.0932. The van der Waals surface area contributed by atoms with Gasteiger partial charge in [-0.05, 0) is 51.1 Å². The van der Waals surface area contributed by atoms with E-state index in [1.807, 2.05) is 24.6 Å². The lowest BCUT2D eigenvalue weighted by Crippen LogP contribution is -2.09. The number of hydrogen-bond donors (Lipinski definition) is 2. The summed E-state index contributed by atoms with van der Waals surface area (Å²) in [6.45, 7) is 2.88. The van der Waals surface area contributed by atoms with Gasteiger partial charge in [-0.15, -0.1) is 10.2 Å². The van der Waals surface area contributed by atoms with Crippen molar-refractivity contribution in [3.63, 3.8) is 0 Å². The highest BCUT2D eigenvalue weighted by Gasteiger charge is 2.12. The number of aromatic nitrogens is 4. The second kappa shape index (κ2) is 7.56. The van der Waals surface area contributed by atoms with Crippen molar-refractivity contribution >= 4 is 34.9 Å². The van der Waals surface area contributed by atoms with Crippen molar-refractivity contribution in [1.82, 2.24) is 25.1 Å². The molecule has 0 aliphatic rings. The van der Waals surface area contributed by atoms with Crippen LogP contribution in [0, 0.1) is 6.92 Å². The van der Waals surface area contributed by atoms with Gasteiger partial charge in [-0.3, -0.25) is 0 Å². The second-order valence-corrected chi connectivity index (χ2v) is 6.69. The fraction of sp³-hybridized carbons (Fsp3) is 0.353. The Labute approximate surface area is 155 Å². The first-order valence-electron chi connectivity index (χ1n) is 8.03. The van der Waals surface area contributed by atoms with Crippen LogP contribution in [0.4, 0.5) is 0 Å². The van der Waals surface area contributed by atoms with E-state index in [1.165, 1.54) is 0 Å². The van der Waals surface area contributed by atoms with Crippen LogP contribution in [0.2, 0.25) is 10.0 Å². The standard InChI is InChI=1S/C17H19Cl2N5O/c1-10-12(6-5-11-8-13(18)16(25)14(19)9-11)17-22-21-15(24(17)23-10)4-3-7-20-2/h6,8-9,20,25H,3-5,7H2,1-2H3/b12-6-. The zero-order valence-electron chi connectivity index (χ0n) is 14.1. The largest absolute Gasteiger partial charge is 0.505 e. The number of phenols is 1. The molecule has 0 radical (unpaired) electrons. The van der Waals surface area contributed by atoms with Crippen LogP contribution >= 0.6 is 23.2 Å². The quantitative estimate of drug-likeness (QED) is 0.642. The molecular formula is C17H19Cl2N5O. The van der Waals surface area contributed by atoms with E-state index in [4.69, 9.17) is 23.2 Å². The van der Waals surface area contributed by atoms with Gasteiger partial charge in [-0.1, -0.05) is 29.3 Å². The van der Waals surface area contributed by atoms with E-state index in [0.717, 1.165) is 47.3 Å². The topological polar surface area (TPSA) is 75.3 Å². The predicted molar refractivity (Wildman–Crippen MR) is 99.3 cm³/mol. The van der Waals surface area contributed by atoms with Gasteiger partial charge in [0.15, 0.2) is 17.2 Å². The summed E-state index contributed by atoms with van der Waals surface area (Å²) in [6, 6.07) is 3.41. The van der Waals surface area contributed by atoms with Crippen LogP contribution in [-0.4, -0.2) is 38.5 Å². The average Bonchev–Trinajstić information content (AvgIpc) is 3.10. The molecule has 25 heavy (non-hydrogen) atoms.